The van der Waals surface area contributed by atoms with Crippen LogP contribution in [0, 0.1) is 5.41 Å². The highest BCUT2D eigenvalue weighted by molar-refractivity contribution is 7.09. The number of thiazole rings is 1. The largest absolute Gasteiger partial charge is 0.387 e. The highest BCUT2D eigenvalue weighted by Gasteiger charge is 2.10. The van der Waals surface area contributed by atoms with Gasteiger partial charge in [-0.2, -0.15) is 0 Å². The average molecular weight is 318 g/mol. The molecule has 1 unspecified atom stereocenters. The number of aryl methyl sites for hydroxylation is 1. The van der Waals surface area contributed by atoms with Crippen molar-refractivity contribution < 1.29 is 5.11 Å². The van der Waals surface area contributed by atoms with Crippen LogP contribution in [0.5, 0.6) is 0 Å². The number of aliphatic hydroxyl groups excluding tert-OH is 1. The van der Waals surface area contributed by atoms with E-state index in [1.807, 2.05) is 41.1 Å². The zero-order valence-corrected chi connectivity index (χ0v) is 14.1. The molecule has 0 spiro atoms. The summed E-state index contributed by atoms with van der Waals surface area (Å²) >= 11 is 1.53. The third-order valence-corrected chi connectivity index (χ3v) is 4.87. The van der Waals surface area contributed by atoms with Crippen LogP contribution in [0.1, 0.15) is 55.6 Å². The molecule has 0 aliphatic heterocycles. The Morgan fingerprint density at radius 2 is 1.86 bits per heavy atom. The maximum Gasteiger partial charge on any atom is 0.182 e. The van der Waals surface area contributed by atoms with E-state index in [0.717, 1.165) is 12.0 Å². The lowest BCUT2D eigenvalue weighted by molar-refractivity contribution is 0.155. The minimum absolute atomic E-state index is 0.454. The van der Waals surface area contributed by atoms with Crippen molar-refractivity contribution in [2.45, 2.75) is 58.1 Å². The van der Waals surface area contributed by atoms with Crippen LogP contribution in [0.25, 0.3) is 0 Å². The van der Waals surface area contributed by atoms with Crippen LogP contribution in [-0.2, 0) is 13.0 Å². The molecule has 2 rings (SSSR count). The lowest BCUT2D eigenvalue weighted by Crippen LogP contribution is -2.17. The highest BCUT2D eigenvalue weighted by atomic mass is 32.1. The van der Waals surface area contributed by atoms with Crippen molar-refractivity contribution in [2.75, 3.05) is 0 Å². The molecule has 0 aliphatic carbocycles. The fourth-order valence-electron chi connectivity index (χ4n) is 2.56. The zero-order valence-electron chi connectivity index (χ0n) is 13.3. The number of benzene rings is 1. The Kier molecular flexibility index (Phi) is 6.87. The molecule has 0 fully saturated rings. The van der Waals surface area contributed by atoms with Gasteiger partial charge in [-0.15, -0.1) is 11.3 Å². The summed E-state index contributed by atoms with van der Waals surface area (Å²) in [6, 6.07) is 9.66. The molecule has 0 amide bonds. The molecule has 0 bridgehead atoms. The van der Waals surface area contributed by atoms with Crippen LogP contribution in [-0.4, -0.2) is 9.67 Å². The van der Waals surface area contributed by atoms with Crippen molar-refractivity contribution in [1.82, 2.24) is 4.57 Å². The van der Waals surface area contributed by atoms with Gasteiger partial charge in [-0.1, -0.05) is 62.9 Å². The van der Waals surface area contributed by atoms with Crippen LogP contribution < -0.4 is 4.80 Å². The SMILES string of the molecule is CCCCCCCc1cn(CC(O)c2ccccc2)c(=N)s1. The quantitative estimate of drug-likeness (QED) is 0.666. The number of hydrogen-bond donors (Lipinski definition) is 2. The molecule has 4 heteroatoms. The number of aromatic nitrogens is 1. The topological polar surface area (TPSA) is 49.0 Å². The second-order valence-electron chi connectivity index (χ2n) is 5.75. The monoisotopic (exact) mass is 318 g/mol. The Morgan fingerprint density at radius 3 is 2.59 bits per heavy atom. The van der Waals surface area contributed by atoms with E-state index >= 15 is 0 Å². The van der Waals surface area contributed by atoms with E-state index in [9.17, 15) is 5.11 Å². The molecule has 22 heavy (non-hydrogen) atoms. The molecular formula is C18H26N2OS. The van der Waals surface area contributed by atoms with Crippen LogP contribution in [0.3, 0.4) is 0 Å². The predicted molar refractivity (Wildman–Crippen MR) is 92.0 cm³/mol. The Labute approximate surface area is 136 Å². The van der Waals surface area contributed by atoms with E-state index < -0.39 is 6.10 Å². The van der Waals surface area contributed by atoms with Crippen molar-refractivity contribution in [3.05, 3.63) is 51.8 Å². The van der Waals surface area contributed by atoms with E-state index in [1.165, 1.54) is 48.3 Å². The number of unbranched alkanes of at least 4 members (excludes halogenated alkanes) is 4. The summed E-state index contributed by atoms with van der Waals surface area (Å²) in [5.74, 6) is 0. The number of nitrogens with one attached hydrogen (secondary N) is 1. The minimum Gasteiger partial charge on any atom is -0.387 e. The third-order valence-electron chi connectivity index (χ3n) is 3.87. The van der Waals surface area contributed by atoms with Gasteiger partial charge in [0, 0.05) is 11.1 Å². The van der Waals surface area contributed by atoms with E-state index in [2.05, 4.69) is 6.92 Å². The van der Waals surface area contributed by atoms with Gasteiger partial charge in [-0.3, -0.25) is 5.41 Å². The van der Waals surface area contributed by atoms with Crippen molar-refractivity contribution in [3.63, 3.8) is 0 Å². The molecular weight excluding hydrogens is 292 g/mol. The highest BCUT2D eigenvalue weighted by Crippen LogP contribution is 2.16. The number of rotatable bonds is 9. The van der Waals surface area contributed by atoms with E-state index in [0.29, 0.717) is 11.3 Å². The third kappa shape index (κ3) is 5.11. The van der Waals surface area contributed by atoms with Gasteiger partial charge < -0.3 is 9.67 Å². The lowest BCUT2D eigenvalue weighted by Gasteiger charge is -2.11. The standard InChI is InChI=1S/C18H26N2OS/c1-2-3-4-5-9-12-16-13-20(18(19)22-16)14-17(21)15-10-7-6-8-11-15/h6-8,10-11,13,17,19,21H,2-5,9,12,14H2,1H3. The van der Waals surface area contributed by atoms with Gasteiger partial charge in [0.1, 0.15) is 0 Å². The van der Waals surface area contributed by atoms with Crippen LogP contribution in [0.15, 0.2) is 36.5 Å². The van der Waals surface area contributed by atoms with Gasteiger partial charge >= 0.3 is 0 Å². The summed E-state index contributed by atoms with van der Waals surface area (Å²) in [6.07, 6.45) is 8.90. The van der Waals surface area contributed by atoms with Gasteiger partial charge in [0.15, 0.2) is 4.80 Å². The molecule has 1 atom stereocenters. The zero-order chi connectivity index (χ0) is 15.8. The molecule has 120 valence electrons. The number of nitrogens with zero attached hydrogens (tertiary/aromatic N) is 1. The first-order valence-electron chi connectivity index (χ1n) is 8.17. The summed E-state index contributed by atoms with van der Waals surface area (Å²) in [5, 5.41) is 18.3. The molecule has 1 aromatic heterocycles. The second-order valence-corrected chi connectivity index (χ2v) is 6.86. The summed E-state index contributed by atoms with van der Waals surface area (Å²) in [7, 11) is 0. The molecule has 3 nitrogen and oxygen atoms in total. The molecule has 2 aromatic rings. The first kappa shape index (κ1) is 17.0. The smallest absolute Gasteiger partial charge is 0.182 e. The summed E-state index contributed by atoms with van der Waals surface area (Å²) in [6.45, 7) is 2.68. The van der Waals surface area contributed by atoms with Gasteiger partial charge in [-0.25, -0.2) is 0 Å². The number of aliphatic hydroxyl groups is 1. The van der Waals surface area contributed by atoms with E-state index in [1.54, 1.807) is 0 Å². The van der Waals surface area contributed by atoms with Crippen molar-refractivity contribution in [3.8, 4) is 0 Å². The molecule has 0 saturated heterocycles. The first-order valence-corrected chi connectivity index (χ1v) is 8.99. The lowest BCUT2D eigenvalue weighted by atomic mass is 10.1. The molecule has 1 aromatic carbocycles. The van der Waals surface area contributed by atoms with Gasteiger partial charge in [0.2, 0.25) is 0 Å². The first-order chi connectivity index (χ1) is 10.7. The Morgan fingerprint density at radius 1 is 1.14 bits per heavy atom. The maximum absolute atomic E-state index is 10.3. The van der Waals surface area contributed by atoms with Gasteiger partial charge in [0.25, 0.3) is 0 Å². The molecule has 0 aliphatic rings. The summed E-state index contributed by atoms with van der Waals surface area (Å²) < 4.78 is 1.86. The van der Waals surface area contributed by atoms with E-state index in [4.69, 9.17) is 5.41 Å². The normalized spacial score (nSPS) is 12.5. The Bertz CT molecular complexity index is 603. The van der Waals surface area contributed by atoms with Crippen molar-refractivity contribution >= 4 is 11.3 Å². The number of hydrogen-bond acceptors (Lipinski definition) is 3. The van der Waals surface area contributed by atoms with Crippen molar-refractivity contribution in [1.29, 1.82) is 5.41 Å². The predicted octanol–water partition coefficient (Wildman–Crippen LogP) is 4.28. The molecule has 0 radical (unpaired) electrons. The van der Waals surface area contributed by atoms with Gasteiger partial charge in [0.05, 0.1) is 12.6 Å². The minimum atomic E-state index is -0.553. The average Bonchev–Trinajstić information content (AvgIpc) is 2.88. The molecule has 2 N–H and O–H groups in total. The van der Waals surface area contributed by atoms with Crippen LogP contribution >= 0.6 is 11.3 Å². The summed E-state index contributed by atoms with van der Waals surface area (Å²) in [4.78, 5) is 1.78. The van der Waals surface area contributed by atoms with Crippen LogP contribution in [0.4, 0.5) is 0 Å². The molecule has 1 heterocycles. The Balaban J connectivity index is 1.88. The van der Waals surface area contributed by atoms with E-state index in [-0.39, 0.29) is 0 Å². The Hall–Kier alpha value is -1.39. The maximum atomic E-state index is 10.3. The molecule has 0 saturated carbocycles. The fourth-order valence-corrected chi connectivity index (χ4v) is 3.48. The van der Waals surface area contributed by atoms with Crippen molar-refractivity contribution in [2.24, 2.45) is 0 Å². The van der Waals surface area contributed by atoms with Gasteiger partial charge in [-0.05, 0) is 18.4 Å². The van der Waals surface area contributed by atoms with Crippen LogP contribution in [0.2, 0.25) is 0 Å². The fraction of sp³-hybridized carbons (Fsp3) is 0.500. The summed E-state index contributed by atoms with van der Waals surface area (Å²) in [5.41, 5.74) is 0.904. The second kappa shape index (κ2) is 8.91.